The van der Waals surface area contributed by atoms with Crippen molar-refractivity contribution in [2.45, 2.75) is 16.7 Å². The van der Waals surface area contributed by atoms with E-state index in [0.717, 1.165) is 0 Å². The van der Waals surface area contributed by atoms with E-state index in [-0.39, 0.29) is 27.1 Å². The molecule has 1 aromatic heterocycles. The minimum atomic E-state index is -3.82. The first-order valence-electron chi connectivity index (χ1n) is 6.02. The number of pyridine rings is 1. The van der Waals surface area contributed by atoms with Crippen molar-refractivity contribution in [1.82, 2.24) is 0 Å². The number of nitriles is 1. The molecule has 1 heterocycles. The van der Waals surface area contributed by atoms with Crippen LogP contribution in [0.5, 0.6) is 5.88 Å². The number of aryl methyl sites for hydroxylation is 1. The van der Waals surface area contributed by atoms with Crippen LogP contribution < -0.4 is 15.5 Å². The normalized spacial score (nSPS) is 10.9. The number of benzene rings is 1. The lowest BCUT2D eigenvalue weighted by molar-refractivity contribution is -0.378. The molecule has 21 heavy (non-hydrogen) atoms. The fourth-order valence-electron chi connectivity index (χ4n) is 1.97. The standard InChI is InChI=1S/C14H13N3O3S/c1-9-5-3-4-6-11(9)21(18,19)12-7-10(8-15)14(20-2)17-13(12)16/h3-7H,1-2H3,(H2,16,17)/p+1. The Bertz CT molecular complexity index is 839. The highest BCUT2D eigenvalue weighted by Gasteiger charge is 2.28. The van der Waals surface area contributed by atoms with Gasteiger partial charge in [-0.2, -0.15) is 5.26 Å². The lowest BCUT2D eigenvalue weighted by Gasteiger charge is -2.08. The van der Waals surface area contributed by atoms with Crippen LogP contribution in [0.15, 0.2) is 40.1 Å². The predicted molar refractivity (Wildman–Crippen MR) is 75.3 cm³/mol. The van der Waals surface area contributed by atoms with Gasteiger partial charge in [-0.3, -0.25) is 5.73 Å². The second kappa shape index (κ2) is 5.42. The number of nitrogens with two attached hydrogens (primary N) is 1. The number of H-pyrrole nitrogens is 1. The third-order valence-corrected chi connectivity index (χ3v) is 4.98. The first-order chi connectivity index (χ1) is 9.91. The number of hydrogen-bond acceptors (Lipinski definition) is 5. The molecule has 0 bridgehead atoms. The molecule has 0 fully saturated rings. The minimum absolute atomic E-state index is 0.0684. The van der Waals surface area contributed by atoms with Crippen LogP contribution in [0.25, 0.3) is 0 Å². The maximum Gasteiger partial charge on any atom is 0.300 e. The number of rotatable bonds is 3. The van der Waals surface area contributed by atoms with Crippen LogP contribution in [0.3, 0.4) is 0 Å². The zero-order valence-electron chi connectivity index (χ0n) is 11.5. The van der Waals surface area contributed by atoms with Gasteiger partial charge in [0.15, 0.2) is 4.90 Å². The Morgan fingerprint density at radius 2 is 1.95 bits per heavy atom. The Morgan fingerprint density at radius 3 is 2.52 bits per heavy atom. The molecule has 6 nitrogen and oxygen atoms in total. The van der Waals surface area contributed by atoms with Crippen LogP contribution in [0.4, 0.5) is 5.82 Å². The molecule has 1 aromatic carbocycles. The van der Waals surface area contributed by atoms with Gasteiger partial charge in [-0.05, 0) is 24.6 Å². The number of anilines is 1. The van der Waals surface area contributed by atoms with E-state index in [4.69, 9.17) is 15.7 Å². The molecule has 0 unspecified atom stereocenters. The zero-order chi connectivity index (χ0) is 15.6. The Labute approximate surface area is 122 Å². The molecule has 0 saturated carbocycles. The quantitative estimate of drug-likeness (QED) is 0.913. The maximum atomic E-state index is 12.7. The number of aromatic nitrogens is 1. The first-order valence-corrected chi connectivity index (χ1v) is 7.50. The van der Waals surface area contributed by atoms with Crippen molar-refractivity contribution < 1.29 is 18.1 Å². The van der Waals surface area contributed by atoms with E-state index in [2.05, 4.69) is 4.98 Å². The topological polar surface area (TPSA) is 107 Å². The number of hydrogen-bond donors (Lipinski definition) is 1. The highest BCUT2D eigenvalue weighted by Crippen LogP contribution is 2.28. The van der Waals surface area contributed by atoms with Gasteiger partial charge in [0.05, 0.1) is 12.0 Å². The van der Waals surface area contributed by atoms with Crippen LogP contribution in [-0.2, 0) is 9.84 Å². The van der Waals surface area contributed by atoms with E-state index in [0.29, 0.717) is 5.56 Å². The van der Waals surface area contributed by atoms with Crippen molar-refractivity contribution in [1.29, 1.82) is 5.26 Å². The van der Waals surface area contributed by atoms with Gasteiger partial charge >= 0.3 is 0 Å². The third kappa shape index (κ3) is 2.53. The number of aromatic amines is 1. The Kier molecular flexibility index (Phi) is 3.82. The summed E-state index contributed by atoms with van der Waals surface area (Å²) in [7, 11) is -2.46. The molecule has 0 aliphatic rings. The lowest BCUT2D eigenvalue weighted by Crippen LogP contribution is -2.20. The van der Waals surface area contributed by atoms with Gasteiger partial charge in [0.25, 0.3) is 11.7 Å². The average molecular weight is 304 g/mol. The van der Waals surface area contributed by atoms with Crippen molar-refractivity contribution in [2.75, 3.05) is 12.8 Å². The van der Waals surface area contributed by atoms with E-state index < -0.39 is 9.84 Å². The SMILES string of the molecule is COc1[nH+]c(N)c(S(=O)(=O)c2ccccc2C)cc1C#N. The van der Waals surface area contributed by atoms with Crippen molar-refractivity contribution in [3.05, 3.63) is 41.5 Å². The summed E-state index contributed by atoms with van der Waals surface area (Å²) in [6.07, 6.45) is 0. The van der Waals surface area contributed by atoms with E-state index in [1.54, 1.807) is 25.1 Å². The molecule has 0 atom stereocenters. The monoisotopic (exact) mass is 304 g/mol. The van der Waals surface area contributed by atoms with Crippen LogP contribution in [0.1, 0.15) is 11.1 Å². The molecule has 0 aliphatic carbocycles. The molecule has 0 aliphatic heterocycles. The van der Waals surface area contributed by atoms with Crippen LogP contribution >= 0.6 is 0 Å². The Balaban J connectivity index is 2.73. The Hall–Kier alpha value is -2.59. The molecule has 0 spiro atoms. The fourth-order valence-corrected chi connectivity index (χ4v) is 3.57. The molecule has 7 heteroatoms. The summed E-state index contributed by atoms with van der Waals surface area (Å²) in [5.74, 6) is 0.0489. The number of nitrogen functional groups attached to an aromatic ring is 1. The smallest absolute Gasteiger partial charge is 0.300 e. The van der Waals surface area contributed by atoms with Crippen molar-refractivity contribution in [2.24, 2.45) is 0 Å². The molecule has 0 saturated heterocycles. The summed E-state index contributed by atoms with van der Waals surface area (Å²) in [6, 6.07) is 9.67. The summed E-state index contributed by atoms with van der Waals surface area (Å²) >= 11 is 0. The summed E-state index contributed by atoms with van der Waals surface area (Å²) in [5, 5.41) is 9.07. The summed E-state index contributed by atoms with van der Waals surface area (Å²) in [4.78, 5) is 2.60. The highest BCUT2D eigenvalue weighted by molar-refractivity contribution is 7.91. The summed E-state index contributed by atoms with van der Waals surface area (Å²) < 4.78 is 30.3. The number of nitrogens with zero attached hydrogens (tertiary/aromatic N) is 1. The van der Waals surface area contributed by atoms with Gasteiger partial charge in [-0.1, -0.05) is 18.2 Å². The third-order valence-electron chi connectivity index (χ3n) is 3.03. The molecule has 2 aromatic rings. The van der Waals surface area contributed by atoms with Gasteiger partial charge in [-0.15, -0.1) is 0 Å². The van der Waals surface area contributed by atoms with Crippen LogP contribution in [0, 0.1) is 18.3 Å². The van der Waals surface area contributed by atoms with E-state index in [1.165, 1.54) is 19.2 Å². The largest absolute Gasteiger partial charge is 0.465 e. The van der Waals surface area contributed by atoms with Gasteiger partial charge in [0.1, 0.15) is 11.6 Å². The van der Waals surface area contributed by atoms with E-state index in [9.17, 15) is 8.42 Å². The van der Waals surface area contributed by atoms with Crippen LogP contribution in [-0.4, -0.2) is 15.5 Å². The number of nitrogens with one attached hydrogen (secondary N) is 1. The van der Waals surface area contributed by atoms with Gasteiger partial charge < -0.3 is 4.74 Å². The molecular formula is C14H14N3O3S+. The number of methoxy groups -OCH3 is 1. The molecular weight excluding hydrogens is 290 g/mol. The average Bonchev–Trinajstić information content (AvgIpc) is 2.46. The number of sulfone groups is 1. The van der Waals surface area contributed by atoms with Gasteiger partial charge in [0, 0.05) is 0 Å². The lowest BCUT2D eigenvalue weighted by atomic mass is 10.2. The van der Waals surface area contributed by atoms with Crippen LogP contribution in [0.2, 0.25) is 0 Å². The molecule has 108 valence electrons. The van der Waals surface area contributed by atoms with Crippen molar-refractivity contribution >= 4 is 15.7 Å². The van der Waals surface area contributed by atoms with E-state index >= 15 is 0 Å². The minimum Gasteiger partial charge on any atom is -0.465 e. The highest BCUT2D eigenvalue weighted by atomic mass is 32.2. The molecule has 2 rings (SSSR count). The predicted octanol–water partition coefficient (Wildman–Crippen LogP) is 1.10. The van der Waals surface area contributed by atoms with Crippen molar-refractivity contribution in [3.8, 4) is 11.9 Å². The first kappa shape index (κ1) is 14.8. The molecule has 0 radical (unpaired) electrons. The van der Waals surface area contributed by atoms with Crippen molar-refractivity contribution in [3.63, 3.8) is 0 Å². The maximum absolute atomic E-state index is 12.7. The molecule has 3 N–H and O–H groups in total. The Morgan fingerprint density at radius 1 is 1.29 bits per heavy atom. The van der Waals surface area contributed by atoms with E-state index in [1.807, 2.05) is 6.07 Å². The van der Waals surface area contributed by atoms with Gasteiger partial charge in [0.2, 0.25) is 9.84 Å². The summed E-state index contributed by atoms with van der Waals surface area (Å²) in [5.41, 5.74) is 6.44. The summed E-state index contributed by atoms with van der Waals surface area (Å²) in [6.45, 7) is 1.70. The second-order valence-electron chi connectivity index (χ2n) is 4.37. The zero-order valence-corrected chi connectivity index (χ0v) is 12.4. The fraction of sp³-hybridized carbons (Fsp3) is 0.143. The number of ether oxygens (including phenoxy) is 1. The molecule has 0 amide bonds. The van der Waals surface area contributed by atoms with Gasteiger partial charge in [-0.25, -0.2) is 13.4 Å². The second-order valence-corrected chi connectivity index (χ2v) is 6.26.